The van der Waals surface area contributed by atoms with Gasteiger partial charge in [0.15, 0.2) is 11.6 Å². The van der Waals surface area contributed by atoms with Crippen molar-refractivity contribution in [3.8, 4) is 28.0 Å². The molecule has 0 heterocycles. The van der Waals surface area contributed by atoms with Crippen LogP contribution in [0.5, 0.6) is 5.75 Å². The van der Waals surface area contributed by atoms with Crippen molar-refractivity contribution in [2.45, 2.75) is 70.6 Å². The van der Waals surface area contributed by atoms with Crippen molar-refractivity contribution in [3.63, 3.8) is 0 Å². The highest BCUT2D eigenvalue weighted by atomic mass is 19.2. The van der Waals surface area contributed by atoms with Crippen molar-refractivity contribution in [1.29, 1.82) is 0 Å². The molecule has 0 spiro atoms. The molecule has 0 atom stereocenters. The Morgan fingerprint density at radius 2 is 1.35 bits per heavy atom. The van der Waals surface area contributed by atoms with Gasteiger partial charge in [0.05, 0.1) is 6.26 Å². The predicted molar refractivity (Wildman–Crippen MR) is 158 cm³/mol. The highest BCUT2D eigenvalue weighted by Crippen LogP contribution is 2.44. The first-order chi connectivity index (χ1) is 19.5. The van der Waals surface area contributed by atoms with Crippen molar-refractivity contribution < 1.29 is 17.9 Å². The lowest BCUT2D eigenvalue weighted by atomic mass is 9.68. The third-order valence-corrected chi connectivity index (χ3v) is 9.13. The molecule has 3 aromatic rings. The van der Waals surface area contributed by atoms with Gasteiger partial charge in [0.1, 0.15) is 5.82 Å². The Balaban J connectivity index is 1.23. The van der Waals surface area contributed by atoms with Crippen LogP contribution in [0.15, 0.2) is 79.6 Å². The molecule has 2 saturated carbocycles. The Labute approximate surface area is 236 Å². The Morgan fingerprint density at radius 1 is 0.750 bits per heavy atom. The summed E-state index contributed by atoms with van der Waals surface area (Å²) in [6.07, 6.45) is 15.9. The fraction of sp³-hybridized carbons (Fsp3) is 0.389. The van der Waals surface area contributed by atoms with Crippen LogP contribution in [-0.2, 0) is 0 Å². The highest BCUT2D eigenvalue weighted by Gasteiger charge is 2.31. The highest BCUT2D eigenvalue weighted by molar-refractivity contribution is 5.71. The van der Waals surface area contributed by atoms with Gasteiger partial charge in [-0.25, -0.2) is 8.78 Å². The second-order valence-corrected chi connectivity index (χ2v) is 11.5. The summed E-state index contributed by atoms with van der Waals surface area (Å²) in [7, 11) is 0. The maximum Gasteiger partial charge on any atom is 0.201 e. The van der Waals surface area contributed by atoms with Crippen molar-refractivity contribution in [1.82, 2.24) is 0 Å². The maximum absolute atomic E-state index is 15.3. The Morgan fingerprint density at radius 3 is 1.95 bits per heavy atom. The number of rotatable bonds is 8. The molecule has 0 bridgehead atoms. The molecular formula is C36H39F3O. The summed E-state index contributed by atoms with van der Waals surface area (Å²) in [6, 6.07) is 15.4. The predicted octanol–water partition coefficient (Wildman–Crippen LogP) is 11.0. The number of ether oxygens (including phenoxy) is 1. The van der Waals surface area contributed by atoms with Crippen LogP contribution in [-0.4, -0.2) is 0 Å². The fourth-order valence-electron chi connectivity index (χ4n) is 6.69. The van der Waals surface area contributed by atoms with Crippen LogP contribution < -0.4 is 4.74 Å². The van der Waals surface area contributed by atoms with E-state index in [2.05, 4.69) is 18.7 Å². The summed E-state index contributed by atoms with van der Waals surface area (Å²) in [4.78, 5) is 0. The van der Waals surface area contributed by atoms with Crippen LogP contribution in [0.3, 0.4) is 0 Å². The lowest BCUT2D eigenvalue weighted by Crippen LogP contribution is -2.25. The summed E-state index contributed by atoms with van der Waals surface area (Å²) >= 11 is 0. The summed E-state index contributed by atoms with van der Waals surface area (Å²) in [5, 5.41) is 0. The normalized spacial score (nSPS) is 23.3. The van der Waals surface area contributed by atoms with E-state index in [9.17, 15) is 8.78 Å². The molecule has 0 aliphatic heterocycles. The van der Waals surface area contributed by atoms with Gasteiger partial charge in [-0.2, -0.15) is 4.39 Å². The molecule has 0 aromatic heterocycles. The van der Waals surface area contributed by atoms with Crippen LogP contribution in [0.25, 0.3) is 22.3 Å². The molecule has 0 saturated heterocycles. The van der Waals surface area contributed by atoms with Crippen LogP contribution in [0.4, 0.5) is 13.2 Å². The maximum atomic E-state index is 15.3. The fourth-order valence-corrected chi connectivity index (χ4v) is 6.69. The molecule has 2 fully saturated rings. The zero-order chi connectivity index (χ0) is 28.1. The molecule has 0 N–H and O–H groups in total. The molecule has 5 rings (SSSR count). The monoisotopic (exact) mass is 544 g/mol. The summed E-state index contributed by atoms with van der Waals surface area (Å²) in [5.41, 5.74) is 2.96. The minimum absolute atomic E-state index is 0.135. The summed E-state index contributed by atoms with van der Waals surface area (Å²) in [5.74, 6) is 0.372. The number of hydrogen-bond acceptors (Lipinski definition) is 1. The smallest absolute Gasteiger partial charge is 0.201 e. The van der Waals surface area contributed by atoms with E-state index in [0.717, 1.165) is 36.7 Å². The van der Waals surface area contributed by atoms with E-state index in [1.165, 1.54) is 56.9 Å². The molecule has 2 aliphatic rings. The third-order valence-electron chi connectivity index (χ3n) is 9.13. The number of allylic oxidation sites excluding steroid dienone is 2. The van der Waals surface area contributed by atoms with Gasteiger partial charge in [0.2, 0.25) is 5.82 Å². The Kier molecular flexibility index (Phi) is 9.14. The molecule has 0 radical (unpaired) electrons. The van der Waals surface area contributed by atoms with Crippen molar-refractivity contribution in [3.05, 3.63) is 103 Å². The van der Waals surface area contributed by atoms with Crippen molar-refractivity contribution in [2.75, 3.05) is 0 Å². The SMILES string of the molecule is C=CC1CCC(C2CCC(c3ccc(-c4ccc(-c5ccc(O/C=C\CC)c(F)c5F)cc4)c(F)c3)CC2)CC1. The van der Waals surface area contributed by atoms with Crippen LogP contribution >= 0.6 is 0 Å². The third kappa shape index (κ3) is 6.22. The molecule has 4 heteroatoms. The standard InChI is InChI=1S/C36H39F3O/c1-3-5-22-40-34-21-20-32(35(38)36(34)39)29-16-14-28(15-17-29)31-19-18-30(23-33(31)37)27-12-10-26(11-13-27)25-8-6-24(4-2)7-9-25/h4-5,14-27H,2-3,6-13H2,1H3/b22-5-. The average Bonchev–Trinajstić information content (AvgIpc) is 3.00. The molecule has 3 aromatic carbocycles. The molecule has 40 heavy (non-hydrogen) atoms. The van der Waals surface area contributed by atoms with Gasteiger partial charge in [-0.1, -0.05) is 49.4 Å². The molecular weight excluding hydrogens is 505 g/mol. The summed E-state index contributed by atoms with van der Waals surface area (Å²) in [6.45, 7) is 5.89. The van der Waals surface area contributed by atoms with Gasteiger partial charge < -0.3 is 4.74 Å². The topological polar surface area (TPSA) is 9.23 Å². The molecule has 0 amide bonds. The minimum Gasteiger partial charge on any atom is -0.462 e. The van der Waals surface area contributed by atoms with Crippen molar-refractivity contribution >= 4 is 0 Å². The van der Waals surface area contributed by atoms with Gasteiger partial charge in [0.25, 0.3) is 0 Å². The lowest BCUT2D eigenvalue weighted by molar-refractivity contribution is 0.171. The van der Waals surface area contributed by atoms with E-state index < -0.39 is 11.6 Å². The van der Waals surface area contributed by atoms with Gasteiger partial charge in [-0.3, -0.25) is 0 Å². The second-order valence-electron chi connectivity index (χ2n) is 11.5. The largest absolute Gasteiger partial charge is 0.462 e. The van der Waals surface area contributed by atoms with E-state index in [4.69, 9.17) is 4.74 Å². The van der Waals surface area contributed by atoms with Gasteiger partial charge in [0, 0.05) is 11.1 Å². The van der Waals surface area contributed by atoms with E-state index in [0.29, 0.717) is 28.5 Å². The van der Waals surface area contributed by atoms with Gasteiger partial charge >= 0.3 is 0 Å². The molecule has 210 valence electrons. The zero-order valence-corrected chi connectivity index (χ0v) is 23.4. The molecule has 1 nitrogen and oxygen atoms in total. The molecule has 0 unspecified atom stereocenters. The first-order valence-corrected chi connectivity index (χ1v) is 14.8. The molecule has 2 aliphatic carbocycles. The second kappa shape index (κ2) is 12.9. The van der Waals surface area contributed by atoms with Crippen LogP contribution in [0, 0.1) is 35.2 Å². The quantitative estimate of drug-likeness (QED) is 0.202. The number of halogens is 3. The number of benzene rings is 3. The zero-order valence-electron chi connectivity index (χ0n) is 23.4. The summed E-state index contributed by atoms with van der Waals surface area (Å²) < 4.78 is 49.8. The average molecular weight is 545 g/mol. The van der Waals surface area contributed by atoms with E-state index >= 15 is 4.39 Å². The van der Waals surface area contributed by atoms with E-state index in [1.807, 2.05) is 13.0 Å². The first kappa shape index (κ1) is 28.3. The lowest BCUT2D eigenvalue weighted by Gasteiger charge is -2.37. The number of hydrogen-bond donors (Lipinski definition) is 0. The first-order valence-electron chi connectivity index (χ1n) is 14.8. The van der Waals surface area contributed by atoms with Crippen molar-refractivity contribution in [2.24, 2.45) is 17.8 Å². The van der Waals surface area contributed by atoms with Gasteiger partial charge in [-0.05, 0) is 122 Å². The van der Waals surface area contributed by atoms with E-state index in [-0.39, 0.29) is 17.1 Å². The minimum atomic E-state index is -1.03. The van der Waals surface area contributed by atoms with Crippen LogP contribution in [0.1, 0.15) is 76.2 Å². The van der Waals surface area contributed by atoms with Crippen LogP contribution in [0.2, 0.25) is 0 Å². The van der Waals surface area contributed by atoms with E-state index in [1.54, 1.807) is 36.4 Å². The Hall–Kier alpha value is -3.27. The Bertz CT molecular complexity index is 1330. The van der Waals surface area contributed by atoms with Gasteiger partial charge in [-0.15, -0.1) is 6.58 Å².